The number of fused-ring (bicyclic) bond motifs is 1. The molecule has 0 bridgehead atoms. The van der Waals surface area contributed by atoms with Crippen molar-refractivity contribution in [3.05, 3.63) is 12.2 Å². The Morgan fingerprint density at radius 3 is 2.27 bits per heavy atom. The fourth-order valence-corrected chi connectivity index (χ4v) is 13.9. The molecule has 278 valence electrons. The van der Waals surface area contributed by atoms with Crippen molar-refractivity contribution in [3.8, 4) is 0 Å². The summed E-state index contributed by atoms with van der Waals surface area (Å²) in [4.78, 5) is 0. The first-order chi connectivity index (χ1) is 23.3. The molecule has 4 aliphatic carbocycles. The Morgan fingerprint density at radius 2 is 1.50 bits per heavy atom. The van der Waals surface area contributed by atoms with Gasteiger partial charge in [-0.15, -0.1) is 0 Å². The third-order valence-corrected chi connectivity index (χ3v) is 16.5. The van der Waals surface area contributed by atoms with E-state index in [0.717, 1.165) is 71.1 Å². The quantitative estimate of drug-likeness (QED) is 0.121. The summed E-state index contributed by atoms with van der Waals surface area (Å²) in [5.41, 5.74) is 0.536. The minimum absolute atomic E-state index is 0.536. The molecule has 4 saturated carbocycles. The van der Waals surface area contributed by atoms with Crippen LogP contribution in [0, 0.1) is 70.5 Å². The highest BCUT2D eigenvalue weighted by molar-refractivity contribution is 5.08. The first-order valence-electron chi connectivity index (χ1n) is 22.7. The summed E-state index contributed by atoms with van der Waals surface area (Å²) >= 11 is 0. The van der Waals surface area contributed by atoms with Crippen LogP contribution in [-0.4, -0.2) is 12.1 Å². The molecular weight excluding hydrogens is 579 g/mol. The van der Waals surface area contributed by atoms with Crippen LogP contribution in [0.1, 0.15) is 203 Å². The highest BCUT2D eigenvalue weighted by Gasteiger charge is 2.57. The van der Waals surface area contributed by atoms with Gasteiger partial charge >= 0.3 is 0 Å². The molecule has 0 radical (unpaired) electrons. The number of rotatable bonds is 17. The van der Waals surface area contributed by atoms with Gasteiger partial charge in [-0.3, -0.25) is 0 Å². The van der Waals surface area contributed by atoms with Crippen LogP contribution in [0.15, 0.2) is 12.2 Å². The molecule has 1 nitrogen and oxygen atoms in total. The van der Waals surface area contributed by atoms with Gasteiger partial charge in [0.2, 0.25) is 0 Å². The SMILES string of the molecule is CCCCC(CC=CCCCCC1C(C)NC2CCCCC2C1(C)C1CCCC1C(C)C)C1CCC(CC(CC)C2CCCCC2C)C1. The number of allylic oxidation sites excluding steroid dienone is 2. The van der Waals surface area contributed by atoms with E-state index >= 15 is 0 Å². The molecule has 5 rings (SSSR count). The summed E-state index contributed by atoms with van der Waals surface area (Å²) < 4.78 is 0. The largest absolute Gasteiger partial charge is 0.311 e. The summed E-state index contributed by atoms with van der Waals surface area (Å²) in [5, 5.41) is 4.23. The van der Waals surface area contributed by atoms with Crippen LogP contribution >= 0.6 is 0 Å². The molecule has 0 aromatic rings. The van der Waals surface area contributed by atoms with E-state index in [1.165, 1.54) is 141 Å². The van der Waals surface area contributed by atoms with Gasteiger partial charge < -0.3 is 5.32 Å². The first kappa shape index (κ1) is 38.9. The average Bonchev–Trinajstić information content (AvgIpc) is 3.77. The summed E-state index contributed by atoms with van der Waals surface area (Å²) in [6.07, 6.45) is 40.4. The molecular formula is C47H85N. The maximum absolute atomic E-state index is 4.23. The van der Waals surface area contributed by atoms with E-state index in [-0.39, 0.29) is 0 Å². The maximum Gasteiger partial charge on any atom is 0.0103 e. The third kappa shape index (κ3) is 9.37. The van der Waals surface area contributed by atoms with E-state index in [2.05, 4.69) is 65.9 Å². The summed E-state index contributed by atoms with van der Waals surface area (Å²) in [5.74, 6) is 10.5. The zero-order valence-electron chi connectivity index (χ0n) is 33.6. The normalized spacial score (nSPS) is 40.4. The van der Waals surface area contributed by atoms with Gasteiger partial charge in [0.25, 0.3) is 0 Å². The van der Waals surface area contributed by atoms with E-state index in [1.54, 1.807) is 12.8 Å². The lowest BCUT2D eigenvalue weighted by Crippen LogP contribution is -2.63. The van der Waals surface area contributed by atoms with Crippen LogP contribution in [0.3, 0.4) is 0 Å². The van der Waals surface area contributed by atoms with Crippen LogP contribution in [0.5, 0.6) is 0 Å². The highest BCUT2D eigenvalue weighted by atomic mass is 15.0. The minimum atomic E-state index is 0.536. The van der Waals surface area contributed by atoms with E-state index in [9.17, 15) is 0 Å². The van der Waals surface area contributed by atoms with Crippen molar-refractivity contribution in [3.63, 3.8) is 0 Å². The summed E-state index contributed by atoms with van der Waals surface area (Å²) in [7, 11) is 0. The minimum Gasteiger partial charge on any atom is -0.311 e. The predicted molar refractivity (Wildman–Crippen MR) is 211 cm³/mol. The molecule has 1 saturated heterocycles. The van der Waals surface area contributed by atoms with Crippen LogP contribution in [0.2, 0.25) is 0 Å². The summed E-state index contributed by atoms with van der Waals surface area (Å²) in [6, 6.07) is 1.47. The highest BCUT2D eigenvalue weighted by Crippen LogP contribution is 2.60. The molecule has 13 unspecified atom stereocenters. The Balaban J connectivity index is 1.10. The Morgan fingerprint density at radius 1 is 0.750 bits per heavy atom. The zero-order valence-corrected chi connectivity index (χ0v) is 33.6. The van der Waals surface area contributed by atoms with Gasteiger partial charge in [-0.05, 0) is 161 Å². The Kier molecular flexibility index (Phi) is 15.4. The first-order valence-corrected chi connectivity index (χ1v) is 22.7. The standard InChI is InChI=1S/C47H85N/c1-8-10-22-39(40-31-30-37(33-40)32-38(9-2)42-24-17-16-21-35(42)5)23-14-12-11-13-15-26-43-36(6)48-46-29-19-18-27-45(46)47(43,7)44-28-20-25-41(44)34(3)4/h12,14,34-46,48H,8-11,13,15-33H2,1-7H3. The van der Waals surface area contributed by atoms with E-state index in [0.29, 0.717) is 11.5 Å². The number of piperidine rings is 1. The predicted octanol–water partition coefficient (Wildman–Crippen LogP) is 14.2. The topological polar surface area (TPSA) is 12.0 Å². The van der Waals surface area contributed by atoms with Gasteiger partial charge in [-0.25, -0.2) is 0 Å². The van der Waals surface area contributed by atoms with Gasteiger partial charge in [0.1, 0.15) is 0 Å². The lowest BCUT2D eigenvalue weighted by atomic mass is 9.49. The average molecular weight is 664 g/mol. The van der Waals surface area contributed by atoms with Crippen molar-refractivity contribution >= 4 is 0 Å². The number of nitrogens with one attached hydrogen (secondary N) is 1. The van der Waals surface area contributed by atoms with Crippen molar-refractivity contribution in [1.82, 2.24) is 5.32 Å². The molecule has 0 aromatic heterocycles. The lowest BCUT2D eigenvalue weighted by Gasteiger charge is -2.60. The van der Waals surface area contributed by atoms with E-state index < -0.39 is 0 Å². The zero-order chi connectivity index (χ0) is 34.1. The second kappa shape index (κ2) is 19.0. The Labute approximate surface area is 301 Å². The molecule has 1 aliphatic heterocycles. The van der Waals surface area contributed by atoms with Gasteiger partial charge in [0.05, 0.1) is 0 Å². The van der Waals surface area contributed by atoms with Crippen LogP contribution < -0.4 is 5.32 Å². The van der Waals surface area contributed by atoms with Crippen molar-refractivity contribution in [1.29, 1.82) is 0 Å². The second-order valence-corrected chi connectivity index (χ2v) is 19.5. The summed E-state index contributed by atoms with van der Waals surface area (Å²) in [6.45, 7) is 18.0. The van der Waals surface area contributed by atoms with Crippen molar-refractivity contribution in [2.24, 2.45) is 70.5 Å². The van der Waals surface area contributed by atoms with E-state index in [1.807, 2.05) is 0 Å². The molecule has 1 N–H and O–H groups in total. The molecule has 0 spiro atoms. The molecule has 5 aliphatic rings. The Hall–Kier alpha value is -0.300. The molecule has 1 heteroatoms. The molecule has 5 fully saturated rings. The number of unbranched alkanes of at least 4 members (excludes halogenated alkanes) is 3. The van der Waals surface area contributed by atoms with Gasteiger partial charge in [0.15, 0.2) is 0 Å². The fourth-order valence-electron chi connectivity index (χ4n) is 13.9. The second-order valence-electron chi connectivity index (χ2n) is 19.5. The smallest absolute Gasteiger partial charge is 0.0103 e. The fraction of sp³-hybridized carbons (Fsp3) is 0.957. The number of hydrogen-bond acceptors (Lipinski definition) is 1. The van der Waals surface area contributed by atoms with Gasteiger partial charge in [0, 0.05) is 12.1 Å². The third-order valence-electron chi connectivity index (χ3n) is 16.5. The van der Waals surface area contributed by atoms with Crippen molar-refractivity contribution < 1.29 is 0 Å². The van der Waals surface area contributed by atoms with E-state index in [4.69, 9.17) is 0 Å². The molecule has 13 atom stereocenters. The molecule has 48 heavy (non-hydrogen) atoms. The lowest BCUT2D eigenvalue weighted by molar-refractivity contribution is -0.0891. The maximum atomic E-state index is 4.23. The van der Waals surface area contributed by atoms with Crippen LogP contribution in [0.25, 0.3) is 0 Å². The molecule has 1 heterocycles. The molecule has 0 aromatic carbocycles. The monoisotopic (exact) mass is 664 g/mol. The van der Waals surface area contributed by atoms with Gasteiger partial charge in [-0.1, -0.05) is 124 Å². The molecule has 0 amide bonds. The van der Waals surface area contributed by atoms with Crippen LogP contribution in [0.4, 0.5) is 0 Å². The Bertz CT molecular complexity index is 935. The van der Waals surface area contributed by atoms with Crippen molar-refractivity contribution in [2.75, 3.05) is 0 Å². The van der Waals surface area contributed by atoms with Crippen LogP contribution in [-0.2, 0) is 0 Å². The van der Waals surface area contributed by atoms with Gasteiger partial charge in [-0.2, -0.15) is 0 Å². The van der Waals surface area contributed by atoms with Crippen molar-refractivity contribution in [2.45, 2.75) is 215 Å². The number of hydrogen-bond donors (Lipinski definition) is 1.